The maximum Gasteiger partial charge on any atom is 0.217 e. The first-order valence-electron chi connectivity index (χ1n) is 4.41. The van der Waals surface area contributed by atoms with E-state index in [1.54, 1.807) is 0 Å². The Kier molecular flexibility index (Phi) is 2.52. The molecule has 82 valence electrons. The molecule has 1 N–H and O–H groups in total. The average molecular weight is 225 g/mol. The van der Waals surface area contributed by atoms with Gasteiger partial charge in [0.05, 0.1) is 0 Å². The molecule has 0 saturated heterocycles. The van der Waals surface area contributed by atoms with E-state index in [0.717, 1.165) is 24.4 Å². The zero-order valence-corrected chi connectivity index (χ0v) is 7.93. The second-order valence-electron chi connectivity index (χ2n) is 3.19. The highest BCUT2D eigenvalue weighted by atomic mass is 19.2. The van der Waals surface area contributed by atoms with E-state index in [9.17, 15) is 18.0 Å². The van der Waals surface area contributed by atoms with Gasteiger partial charge in [0, 0.05) is 23.5 Å². The smallest absolute Gasteiger partial charge is 0.217 e. The van der Waals surface area contributed by atoms with Gasteiger partial charge in [-0.15, -0.1) is 0 Å². The fraction of sp³-hybridized carbons (Fsp3) is 0. The lowest BCUT2D eigenvalue weighted by atomic mass is 10.1. The van der Waals surface area contributed by atoms with Crippen molar-refractivity contribution in [1.82, 2.24) is 4.98 Å². The van der Waals surface area contributed by atoms with Gasteiger partial charge >= 0.3 is 0 Å². The van der Waals surface area contributed by atoms with E-state index in [-0.39, 0.29) is 11.3 Å². The quantitative estimate of drug-likeness (QED) is 0.794. The Bertz CT molecular complexity index is 592. The predicted octanol–water partition coefficient (Wildman–Crippen LogP) is 2.46. The minimum atomic E-state index is -1.03. The van der Waals surface area contributed by atoms with E-state index in [1.807, 2.05) is 0 Å². The molecule has 2 nitrogen and oxygen atoms in total. The largest absolute Gasteiger partial charge is 0.358 e. The maximum absolute atomic E-state index is 12.9. The second-order valence-corrected chi connectivity index (χ2v) is 3.19. The van der Waals surface area contributed by atoms with Gasteiger partial charge in [-0.1, -0.05) is 0 Å². The van der Waals surface area contributed by atoms with Crippen LogP contribution in [0.1, 0.15) is 0 Å². The molecule has 0 spiro atoms. The minimum absolute atomic E-state index is 0.227. The molecule has 16 heavy (non-hydrogen) atoms. The first kappa shape index (κ1) is 10.5. The van der Waals surface area contributed by atoms with E-state index in [1.165, 1.54) is 6.07 Å². The molecule has 0 unspecified atom stereocenters. The third-order valence-electron chi connectivity index (χ3n) is 2.10. The molecule has 2 rings (SSSR count). The highest BCUT2D eigenvalue weighted by molar-refractivity contribution is 5.58. The Hall–Kier alpha value is -2.04. The Morgan fingerprint density at radius 2 is 1.69 bits per heavy atom. The molecule has 0 aliphatic rings. The van der Waals surface area contributed by atoms with Gasteiger partial charge in [-0.05, 0) is 18.2 Å². The van der Waals surface area contributed by atoms with Crippen molar-refractivity contribution in [3.8, 4) is 11.3 Å². The number of aromatic nitrogens is 1. The normalized spacial score (nSPS) is 10.4. The van der Waals surface area contributed by atoms with Gasteiger partial charge in [0.2, 0.25) is 5.43 Å². The SMILES string of the molecule is O=c1cc(-c2ccc(F)c(F)c2)[nH]cc1F. The highest BCUT2D eigenvalue weighted by Gasteiger charge is 2.06. The van der Waals surface area contributed by atoms with Crippen LogP contribution in [-0.4, -0.2) is 4.98 Å². The summed E-state index contributed by atoms with van der Waals surface area (Å²) in [4.78, 5) is 13.5. The average Bonchev–Trinajstić information content (AvgIpc) is 2.26. The highest BCUT2D eigenvalue weighted by Crippen LogP contribution is 2.18. The van der Waals surface area contributed by atoms with Crippen molar-refractivity contribution in [2.24, 2.45) is 0 Å². The number of rotatable bonds is 1. The fourth-order valence-electron chi connectivity index (χ4n) is 1.28. The predicted molar refractivity (Wildman–Crippen MR) is 52.4 cm³/mol. The van der Waals surface area contributed by atoms with Crippen LogP contribution in [0.3, 0.4) is 0 Å². The molecule has 0 atom stereocenters. The van der Waals surface area contributed by atoms with Crippen LogP contribution in [0.4, 0.5) is 13.2 Å². The molecular weight excluding hydrogens is 219 g/mol. The summed E-state index contributed by atoms with van der Waals surface area (Å²) < 4.78 is 38.2. The molecule has 0 bridgehead atoms. The van der Waals surface area contributed by atoms with Crippen molar-refractivity contribution in [2.45, 2.75) is 0 Å². The number of nitrogens with one attached hydrogen (secondary N) is 1. The van der Waals surface area contributed by atoms with Crippen LogP contribution in [0.15, 0.2) is 35.3 Å². The van der Waals surface area contributed by atoms with E-state index in [2.05, 4.69) is 4.98 Å². The summed E-state index contributed by atoms with van der Waals surface area (Å²) >= 11 is 0. The summed E-state index contributed by atoms with van der Waals surface area (Å²) in [6, 6.07) is 4.15. The number of benzene rings is 1. The monoisotopic (exact) mass is 225 g/mol. The van der Waals surface area contributed by atoms with Crippen LogP contribution in [0.25, 0.3) is 11.3 Å². The molecule has 0 aliphatic carbocycles. The summed E-state index contributed by atoms with van der Waals surface area (Å²) in [6.45, 7) is 0. The third-order valence-corrected chi connectivity index (χ3v) is 2.10. The van der Waals surface area contributed by atoms with Gasteiger partial charge in [-0.25, -0.2) is 13.2 Å². The van der Waals surface area contributed by atoms with Crippen molar-refractivity contribution in [2.75, 3.05) is 0 Å². The van der Waals surface area contributed by atoms with E-state index in [4.69, 9.17) is 0 Å². The third kappa shape index (κ3) is 1.84. The molecule has 2 aromatic rings. The van der Waals surface area contributed by atoms with E-state index >= 15 is 0 Å². The Morgan fingerprint density at radius 3 is 2.31 bits per heavy atom. The van der Waals surface area contributed by atoms with Crippen LogP contribution in [-0.2, 0) is 0 Å². The summed E-state index contributed by atoms with van der Waals surface area (Å²) in [7, 11) is 0. The van der Waals surface area contributed by atoms with Gasteiger partial charge in [-0.3, -0.25) is 4.79 Å². The summed E-state index contributed by atoms with van der Waals surface area (Å²) in [5.74, 6) is -2.93. The standard InChI is InChI=1S/C11H6F3NO/c12-7-2-1-6(3-8(7)13)10-4-11(16)9(14)5-15-10/h1-5H,(H,15,16). The summed E-state index contributed by atoms with van der Waals surface area (Å²) in [5, 5.41) is 0. The van der Waals surface area contributed by atoms with Crippen molar-refractivity contribution in [1.29, 1.82) is 0 Å². The Labute approximate surface area is 88.4 Å². The van der Waals surface area contributed by atoms with Crippen molar-refractivity contribution >= 4 is 0 Å². The molecule has 0 amide bonds. The van der Waals surface area contributed by atoms with Crippen molar-refractivity contribution in [3.05, 3.63) is 58.1 Å². The van der Waals surface area contributed by atoms with Crippen LogP contribution in [0, 0.1) is 17.5 Å². The first-order chi connectivity index (χ1) is 7.58. The van der Waals surface area contributed by atoms with Gasteiger partial charge in [0.25, 0.3) is 0 Å². The van der Waals surface area contributed by atoms with E-state index in [0.29, 0.717) is 0 Å². The van der Waals surface area contributed by atoms with Crippen LogP contribution in [0.2, 0.25) is 0 Å². The zero-order valence-electron chi connectivity index (χ0n) is 7.93. The summed E-state index contributed by atoms with van der Waals surface area (Å²) in [6.07, 6.45) is 0.874. The minimum Gasteiger partial charge on any atom is -0.358 e. The van der Waals surface area contributed by atoms with Gasteiger partial charge < -0.3 is 4.98 Å². The molecule has 0 aliphatic heterocycles. The zero-order chi connectivity index (χ0) is 11.7. The number of halogens is 3. The van der Waals surface area contributed by atoms with Crippen LogP contribution < -0.4 is 5.43 Å². The number of aromatic amines is 1. The van der Waals surface area contributed by atoms with Crippen LogP contribution in [0.5, 0.6) is 0 Å². The Balaban J connectivity index is 2.55. The number of H-pyrrole nitrogens is 1. The first-order valence-corrected chi connectivity index (χ1v) is 4.41. The van der Waals surface area contributed by atoms with Crippen molar-refractivity contribution < 1.29 is 13.2 Å². The molecule has 1 aromatic heterocycles. The summed E-state index contributed by atoms with van der Waals surface area (Å²) in [5.41, 5.74) is -0.306. The molecule has 5 heteroatoms. The second kappa shape index (κ2) is 3.84. The molecule has 1 aromatic carbocycles. The van der Waals surface area contributed by atoms with E-state index < -0.39 is 22.9 Å². The lowest BCUT2D eigenvalue weighted by Crippen LogP contribution is -2.05. The van der Waals surface area contributed by atoms with Gasteiger partial charge in [-0.2, -0.15) is 0 Å². The molecule has 0 fully saturated rings. The molecule has 0 saturated carbocycles. The van der Waals surface area contributed by atoms with Gasteiger partial charge in [0.15, 0.2) is 17.5 Å². The number of hydrogen-bond acceptors (Lipinski definition) is 1. The van der Waals surface area contributed by atoms with Crippen LogP contribution >= 0.6 is 0 Å². The lowest BCUT2D eigenvalue weighted by Gasteiger charge is -2.02. The molecular formula is C11H6F3NO. The topological polar surface area (TPSA) is 32.9 Å². The molecule has 1 heterocycles. The number of hydrogen-bond donors (Lipinski definition) is 1. The van der Waals surface area contributed by atoms with Gasteiger partial charge in [0.1, 0.15) is 0 Å². The maximum atomic E-state index is 12.9. The van der Waals surface area contributed by atoms with Crippen molar-refractivity contribution in [3.63, 3.8) is 0 Å². The number of pyridine rings is 1. The fourth-order valence-corrected chi connectivity index (χ4v) is 1.28. The molecule has 0 radical (unpaired) electrons. The Morgan fingerprint density at radius 1 is 0.938 bits per heavy atom. The lowest BCUT2D eigenvalue weighted by molar-refractivity contribution is 0.509.